The van der Waals surface area contributed by atoms with Crippen molar-refractivity contribution in [3.8, 4) is 5.75 Å². The van der Waals surface area contributed by atoms with Gasteiger partial charge in [-0.05, 0) is 47.3 Å². The van der Waals surface area contributed by atoms with Crippen LogP contribution in [0, 0.1) is 0 Å². The number of fused-ring (bicyclic) bond motifs is 2. The molecule has 0 saturated carbocycles. The van der Waals surface area contributed by atoms with E-state index in [1.165, 1.54) is 35.6 Å². The molecule has 5 nitrogen and oxygen atoms in total. The lowest BCUT2D eigenvalue weighted by atomic mass is 10.0. The lowest BCUT2D eigenvalue weighted by Gasteiger charge is -2.14. The molecule has 0 spiro atoms. The predicted octanol–water partition coefficient (Wildman–Crippen LogP) is 4.37. The molecule has 2 N–H and O–H groups in total. The molecule has 3 aromatic rings. The second kappa shape index (κ2) is 6.12. The van der Waals surface area contributed by atoms with Gasteiger partial charge in [0.05, 0.1) is 32.5 Å². The van der Waals surface area contributed by atoms with E-state index < -0.39 is 9.84 Å². The summed E-state index contributed by atoms with van der Waals surface area (Å²) < 4.78 is 25.6. The number of sulfone groups is 1. The number of aromatic hydroxyl groups is 1. The molecule has 2 heterocycles. The van der Waals surface area contributed by atoms with Crippen molar-refractivity contribution in [2.45, 2.75) is 10.6 Å². The number of carbonyl (C=O) groups excluding carboxylic acids is 1. The maximum absolute atomic E-state index is 13.1. The molecule has 0 aliphatic carbocycles. The monoisotopic (exact) mass is 405 g/mol. The van der Waals surface area contributed by atoms with Gasteiger partial charge in [-0.3, -0.25) is 4.79 Å². The van der Waals surface area contributed by atoms with Gasteiger partial charge in [0.25, 0.3) is 0 Å². The summed E-state index contributed by atoms with van der Waals surface area (Å²) in [7, 11) is -3.67. The first kappa shape index (κ1) is 17.1. The fourth-order valence-corrected chi connectivity index (χ4v) is 5.66. The minimum atomic E-state index is -3.67. The molecule has 4 rings (SSSR count). The summed E-state index contributed by atoms with van der Waals surface area (Å²) in [6, 6.07) is 10.7. The quantitative estimate of drug-likeness (QED) is 0.618. The highest BCUT2D eigenvalue weighted by Crippen LogP contribution is 2.38. The van der Waals surface area contributed by atoms with Gasteiger partial charge in [-0.1, -0.05) is 17.7 Å². The Morgan fingerprint density at radius 2 is 1.92 bits per heavy atom. The first-order chi connectivity index (χ1) is 12.4. The van der Waals surface area contributed by atoms with Crippen LogP contribution in [0.15, 0.2) is 52.7 Å². The summed E-state index contributed by atoms with van der Waals surface area (Å²) >= 11 is 7.19. The molecular formula is C18H12ClNO4S2. The second-order valence-corrected chi connectivity index (χ2v) is 9.14. The third kappa shape index (κ3) is 2.78. The van der Waals surface area contributed by atoms with Crippen molar-refractivity contribution >= 4 is 49.9 Å². The predicted molar refractivity (Wildman–Crippen MR) is 101 cm³/mol. The number of anilines is 2. The molecule has 0 unspecified atom stereocenters. The van der Waals surface area contributed by atoms with Crippen LogP contribution in [-0.2, 0) is 15.6 Å². The van der Waals surface area contributed by atoms with E-state index >= 15 is 0 Å². The maximum Gasteiger partial charge on any atom is 0.206 e. The van der Waals surface area contributed by atoms with Crippen LogP contribution in [0.25, 0.3) is 0 Å². The van der Waals surface area contributed by atoms with Crippen LogP contribution in [0.3, 0.4) is 0 Å². The number of halogens is 1. The topological polar surface area (TPSA) is 83.5 Å². The van der Waals surface area contributed by atoms with Crippen molar-refractivity contribution in [1.29, 1.82) is 0 Å². The van der Waals surface area contributed by atoms with Crippen LogP contribution >= 0.6 is 22.9 Å². The van der Waals surface area contributed by atoms with Crippen molar-refractivity contribution < 1.29 is 18.3 Å². The summed E-state index contributed by atoms with van der Waals surface area (Å²) in [6.07, 6.45) is 0. The fraction of sp³-hybridized carbons (Fsp3) is 0.0556. The van der Waals surface area contributed by atoms with E-state index in [9.17, 15) is 18.3 Å². The van der Waals surface area contributed by atoms with Crippen LogP contribution < -0.4 is 5.32 Å². The number of phenols is 1. The maximum atomic E-state index is 13.1. The van der Waals surface area contributed by atoms with Gasteiger partial charge in [0.1, 0.15) is 5.75 Å². The number of thiophene rings is 1. The number of carbonyl (C=O) groups is 1. The second-order valence-electron chi connectivity index (χ2n) is 5.83. The van der Waals surface area contributed by atoms with E-state index in [2.05, 4.69) is 5.32 Å². The molecule has 8 heteroatoms. The Bertz CT molecular complexity index is 1150. The van der Waals surface area contributed by atoms with Crippen LogP contribution in [0.4, 0.5) is 11.4 Å². The van der Waals surface area contributed by atoms with E-state index in [4.69, 9.17) is 11.6 Å². The SMILES string of the molecule is O=C1c2sccc2CS(=O)(=O)c2cccc(Nc3cc(Cl)ccc3O)c21. The molecule has 0 amide bonds. The summed E-state index contributed by atoms with van der Waals surface area (Å²) in [5, 5.41) is 15.1. The zero-order chi connectivity index (χ0) is 18.5. The van der Waals surface area contributed by atoms with Gasteiger partial charge in [0, 0.05) is 5.02 Å². The van der Waals surface area contributed by atoms with E-state index in [1.807, 2.05) is 0 Å². The molecule has 0 radical (unpaired) electrons. The molecular weight excluding hydrogens is 394 g/mol. The zero-order valence-corrected chi connectivity index (χ0v) is 15.6. The fourth-order valence-electron chi connectivity index (χ4n) is 2.93. The molecule has 1 aliphatic rings. The molecule has 0 bridgehead atoms. The van der Waals surface area contributed by atoms with Crippen molar-refractivity contribution in [2.24, 2.45) is 0 Å². The first-order valence-corrected chi connectivity index (χ1v) is 10.5. The lowest BCUT2D eigenvalue weighted by Crippen LogP contribution is -2.09. The summed E-state index contributed by atoms with van der Waals surface area (Å²) in [4.78, 5) is 13.5. The number of hydrogen-bond acceptors (Lipinski definition) is 6. The van der Waals surface area contributed by atoms with E-state index in [-0.39, 0.29) is 33.4 Å². The smallest absolute Gasteiger partial charge is 0.206 e. The van der Waals surface area contributed by atoms with E-state index in [0.29, 0.717) is 21.2 Å². The molecule has 132 valence electrons. The highest BCUT2D eigenvalue weighted by molar-refractivity contribution is 7.90. The Morgan fingerprint density at radius 3 is 2.73 bits per heavy atom. The molecule has 0 fully saturated rings. The minimum Gasteiger partial charge on any atom is -0.506 e. The normalized spacial score (nSPS) is 15.0. The van der Waals surface area contributed by atoms with Gasteiger partial charge >= 0.3 is 0 Å². The third-order valence-corrected chi connectivity index (χ3v) is 7.01. The molecule has 1 aliphatic heterocycles. The number of hydrogen-bond donors (Lipinski definition) is 2. The highest BCUT2D eigenvalue weighted by Gasteiger charge is 2.33. The molecule has 26 heavy (non-hydrogen) atoms. The largest absolute Gasteiger partial charge is 0.506 e. The Labute approximate surface area is 158 Å². The Kier molecular flexibility index (Phi) is 4.02. The zero-order valence-electron chi connectivity index (χ0n) is 13.2. The number of nitrogens with one attached hydrogen (secondary N) is 1. The van der Waals surface area contributed by atoms with Gasteiger partial charge < -0.3 is 10.4 Å². The van der Waals surface area contributed by atoms with Gasteiger partial charge in [0.2, 0.25) is 5.78 Å². The summed E-state index contributed by atoms with van der Waals surface area (Å²) in [5.41, 5.74) is 1.17. The molecule has 1 aromatic heterocycles. The number of ketones is 1. The van der Waals surface area contributed by atoms with Crippen molar-refractivity contribution in [2.75, 3.05) is 5.32 Å². The van der Waals surface area contributed by atoms with Crippen molar-refractivity contribution in [3.63, 3.8) is 0 Å². The van der Waals surface area contributed by atoms with Gasteiger partial charge in [-0.2, -0.15) is 0 Å². The number of phenolic OH excluding ortho intramolecular Hbond substituents is 1. The lowest BCUT2D eigenvalue weighted by molar-refractivity contribution is 0.104. The van der Waals surface area contributed by atoms with Crippen LogP contribution in [0.5, 0.6) is 5.75 Å². The molecule has 0 atom stereocenters. The highest BCUT2D eigenvalue weighted by atomic mass is 35.5. The van der Waals surface area contributed by atoms with Gasteiger partial charge in [0.15, 0.2) is 9.84 Å². The first-order valence-electron chi connectivity index (χ1n) is 7.59. The van der Waals surface area contributed by atoms with E-state index in [0.717, 1.165) is 0 Å². The Hall–Kier alpha value is -2.35. The van der Waals surface area contributed by atoms with Crippen molar-refractivity contribution in [1.82, 2.24) is 0 Å². The number of benzene rings is 2. The average molecular weight is 406 g/mol. The summed E-state index contributed by atoms with van der Waals surface area (Å²) in [6.45, 7) is 0. The standard InChI is InChI=1S/C18H12ClNO4S2/c19-11-4-5-14(21)13(8-11)20-12-2-1-3-15-16(12)17(22)18-10(6-7-25-18)9-26(15,23)24/h1-8,20-21H,9H2. The molecule has 0 saturated heterocycles. The van der Waals surface area contributed by atoms with E-state index in [1.54, 1.807) is 23.6 Å². The van der Waals surface area contributed by atoms with Crippen LogP contribution in [0.1, 0.15) is 20.8 Å². The van der Waals surface area contributed by atoms with Gasteiger partial charge in [-0.25, -0.2) is 8.42 Å². The Morgan fingerprint density at radius 1 is 1.12 bits per heavy atom. The van der Waals surface area contributed by atoms with Crippen LogP contribution in [0.2, 0.25) is 5.02 Å². The number of rotatable bonds is 2. The van der Waals surface area contributed by atoms with Crippen LogP contribution in [-0.4, -0.2) is 19.3 Å². The summed E-state index contributed by atoms with van der Waals surface area (Å²) in [5.74, 6) is -0.625. The Balaban J connectivity index is 1.93. The van der Waals surface area contributed by atoms with Crippen molar-refractivity contribution in [3.05, 3.63) is 68.9 Å². The average Bonchev–Trinajstić information content (AvgIpc) is 3.02. The third-order valence-electron chi connectivity index (χ3n) is 4.11. The minimum absolute atomic E-state index is 0.0163. The molecule has 2 aromatic carbocycles. The van der Waals surface area contributed by atoms with Gasteiger partial charge in [-0.15, -0.1) is 11.3 Å².